The Morgan fingerprint density at radius 3 is 3.10 bits per heavy atom. The molecule has 0 unspecified atom stereocenters. The third-order valence-electron chi connectivity index (χ3n) is 1.31. The fourth-order valence-electron chi connectivity index (χ4n) is 0.823. The van der Waals surface area contributed by atoms with Crippen LogP contribution in [0.5, 0.6) is 0 Å². The SMILES string of the molecule is CCC1=NCCS/C1=N\O. The van der Waals surface area contributed by atoms with Gasteiger partial charge in [-0.2, -0.15) is 0 Å². The Morgan fingerprint density at radius 1 is 1.80 bits per heavy atom. The van der Waals surface area contributed by atoms with Crippen molar-refractivity contribution in [1.29, 1.82) is 0 Å². The van der Waals surface area contributed by atoms with Crippen molar-refractivity contribution >= 4 is 22.5 Å². The van der Waals surface area contributed by atoms with E-state index in [1.54, 1.807) is 11.8 Å². The van der Waals surface area contributed by atoms with E-state index in [9.17, 15) is 0 Å². The Labute approximate surface area is 64.2 Å². The average Bonchev–Trinajstić information content (AvgIpc) is 2.04. The van der Waals surface area contributed by atoms with E-state index in [2.05, 4.69) is 10.1 Å². The molecule has 1 rings (SSSR count). The molecule has 0 amide bonds. The second-order valence-corrected chi connectivity index (χ2v) is 3.02. The molecule has 56 valence electrons. The average molecular weight is 158 g/mol. The lowest BCUT2D eigenvalue weighted by Gasteiger charge is -2.09. The van der Waals surface area contributed by atoms with Crippen LogP contribution in [0, 0.1) is 0 Å². The van der Waals surface area contributed by atoms with Crippen LogP contribution in [0.15, 0.2) is 10.1 Å². The van der Waals surface area contributed by atoms with Gasteiger partial charge in [-0.05, 0) is 6.42 Å². The minimum absolute atomic E-state index is 0.689. The molecule has 0 aliphatic carbocycles. The highest BCUT2D eigenvalue weighted by Crippen LogP contribution is 2.12. The van der Waals surface area contributed by atoms with Crippen LogP contribution in [0.4, 0.5) is 0 Å². The smallest absolute Gasteiger partial charge is 0.156 e. The molecule has 1 heterocycles. The van der Waals surface area contributed by atoms with E-state index < -0.39 is 0 Å². The van der Waals surface area contributed by atoms with Crippen LogP contribution in [0.3, 0.4) is 0 Å². The largest absolute Gasteiger partial charge is 0.410 e. The summed E-state index contributed by atoms with van der Waals surface area (Å²) in [6, 6.07) is 0. The molecular formula is C6H10N2OS. The molecule has 1 aliphatic heterocycles. The molecule has 0 aromatic carbocycles. The highest BCUT2D eigenvalue weighted by atomic mass is 32.2. The number of thioether (sulfide) groups is 1. The topological polar surface area (TPSA) is 45.0 Å². The fraction of sp³-hybridized carbons (Fsp3) is 0.667. The second kappa shape index (κ2) is 3.61. The van der Waals surface area contributed by atoms with Crippen molar-refractivity contribution in [2.24, 2.45) is 10.1 Å². The maximum Gasteiger partial charge on any atom is 0.156 e. The number of hydrogen-bond donors (Lipinski definition) is 1. The van der Waals surface area contributed by atoms with Gasteiger partial charge >= 0.3 is 0 Å². The molecule has 0 aromatic rings. The monoisotopic (exact) mass is 158 g/mol. The first-order valence-electron chi connectivity index (χ1n) is 3.27. The van der Waals surface area contributed by atoms with Crippen molar-refractivity contribution in [3.63, 3.8) is 0 Å². The Kier molecular flexibility index (Phi) is 2.74. The predicted octanol–water partition coefficient (Wildman–Crippen LogP) is 1.37. The maximum absolute atomic E-state index is 8.48. The molecular weight excluding hydrogens is 148 g/mol. The predicted molar refractivity (Wildman–Crippen MR) is 44.3 cm³/mol. The van der Waals surface area contributed by atoms with Gasteiger partial charge in [0.1, 0.15) is 0 Å². The highest BCUT2D eigenvalue weighted by molar-refractivity contribution is 8.15. The van der Waals surface area contributed by atoms with Gasteiger partial charge in [-0.25, -0.2) is 0 Å². The van der Waals surface area contributed by atoms with Crippen molar-refractivity contribution < 1.29 is 5.21 Å². The maximum atomic E-state index is 8.48. The first kappa shape index (κ1) is 7.60. The summed E-state index contributed by atoms with van der Waals surface area (Å²) in [7, 11) is 0. The van der Waals surface area contributed by atoms with Gasteiger partial charge < -0.3 is 5.21 Å². The van der Waals surface area contributed by atoms with Crippen LogP contribution in [0.2, 0.25) is 0 Å². The molecule has 1 aliphatic rings. The zero-order valence-corrected chi connectivity index (χ0v) is 6.69. The number of oxime groups is 1. The quantitative estimate of drug-likeness (QED) is 0.462. The lowest BCUT2D eigenvalue weighted by molar-refractivity contribution is 0.321. The first-order valence-corrected chi connectivity index (χ1v) is 4.25. The third-order valence-corrected chi connectivity index (χ3v) is 2.28. The van der Waals surface area contributed by atoms with E-state index in [0.29, 0.717) is 5.04 Å². The van der Waals surface area contributed by atoms with Gasteiger partial charge in [0.05, 0.1) is 5.71 Å². The second-order valence-electron chi connectivity index (χ2n) is 1.94. The van der Waals surface area contributed by atoms with Crippen LogP contribution in [-0.4, -0.2) is 28.3 Å². The minimum atomic E-state index is 0.689. The Hall–Kier alpha value is -0.510. The number of rotatable bonds is 1. The van der Waals surface area contributed by atoms with Crippen LogP contribution >= 0.6 is 11.8 Å². The van der Waals surface area contributed by atoms with Crippen molar-refractivity contribution in [2.75, 3.05) is 12.3 Å². The molecule has 0 spiro atoms. The Bertz CT molecular complexity index is 177. The summed E-state index contributed by atoms with van der Waals surface area (Å²) >= 11 is 1.57. The van der Waals surface area contributed by atoms with E-state index >= 15 is 0 Å². The number of aliphatic imine (C=N–C) groups is 1. The van der Waals surface area contributed by atoms with Gasteiger partial charge in [-0.3, -0.25) is 4.99 Å². The van der Waals surface area contributed by atoms with Crippen LogP contribution < -0.4 is 0 Å². The van der Waals surface area contributed by atoms with Gasteiger partial charge in [-0.15, -0.1) is 0 Å². The molecule has 0 radical (unpaired) electrons. The summed E-state index contributed by atoms with van der Waals surface area (Å²) in [5.41, 5.74) is 0.929. The van der Waals surface area contributed by atoms with Gasteiger partial charge in [0, 0.05) is 12.3 Å². The van der Waals surface area contributed by atoms with Crippen molar-refractivity contribution in [3.05, 3.63) is 0 Å². The van der Waals surface area contributed by atoms with Crippen LogP contribution in [-0.2, 0) is 0 Å². The van der Waals surface area contributed by atoms with Gasteiger partial charge in [0.15, 0.2) is 5.04 Å². The molecule has 0 saturated heterocycles. The molecule has 0 saturated carbocycles. The van der Waals surface area contributed by atoms with E-state index in [1.165, 1.54) is 0 Å². The Morgan fingerprint density at radius 2 is 2.60 bits per heavy atom. The standard InChI is InChI=1S/C6H10N2OS/c1-2-5-6(8-9)10-4-3-7-5/h9H,2-4H2,1H3/b8-6-. The van der Waals surface area contributed by atoms with E-state index in [0.717, 1.165) is 24.4 Å². The van der Waals surface area contributed by atoms with Crippen LogP contribution in [0.1, 0.15) is 13.3 Å². The van der Waals surface area contributed by atoms with Crippen LogP contribution in [0.25, 0.3) is 0 Å². The van der Waals surface area contributed by atoms with Gasteiger partial charge in [0.2, 0.25) is 0 Å². The molecule has 10 heavy (non-hydrogen) atoms. The minimum Gasteiger partial charge on any atom is -0.410 e. The van der Waals surface area contributed by atoms with Gasteiger partial charge in [-0.1, -0.05) is 23.8 Å². The van der Waals surface area contributed by atoms with E-state index in [4.69, 9.17) is 5.21 Å². The zero-order valence-electron chi connectivity index (χ0n) is 5.87. The van der Waals surface area contributed by atoms with E-state index in [1.807, 2.05) is 6.92 Å². The molecule has 3 nitrogen and oxygen atoms in total. The van der Waals surface area contributed by atoms with E-state index in [-0.39, 0.29) is 0 Å². The molecule has 0 atom stereocenters. The van der Waals surface area contributed by atoms with Crippen molar-refractivity contribution in [3.8, 4) is 0 Å². The molecule has 0 bridgehead atoms. The summed E-state index contributed by atoms with van der Waals surface area (Å²) < 4.78 is 0. The number of nitrogens with zero attached hydrogens (tertiary/aromatic N) is 2. The molecule has 0 aromatic heterocycles. The first-order chi connectivity index (χ1) is 4.88. The summed E-state index contributed by atoms with van der Waals surface area (Å²) in [6.07, 6.45) is 0.854. The summed E-state index contributed by atoms with van der Waals surface area (Å²) in [5.74, 6) is 0.933. The summed E-state index contributed by atoms with van der Waals surface area (Å²) in [5, 5.41) is 12.3. The zero-order chi connectivity index (χ0) is 7.40. The highest BCUT2D eigenvalue weighted by Gasteiger charge is 2.11. The van der Waals surface area contributed by atoms with Crippen molar-refractivity contribution in [1.82, 2.24) is 0 Å². The molecule has 1 N–H and O–H groups in total. The normalized spacial score (nSPS) is 22.9. The lowest BCUT2D eigenvalue weighted by atomic mass is 10.3. The number of hydrogen-bond acceptors (Lipinski definition) is 4. The summed E-state index contributed by atoms with van der Waals surface area (Å²) in [4.78, 5) is 4.21. The third kappa shape index (κ3) is 1.50. The van der Waals surface area contributed by atoms with Gasteiger partial charge in [0.25, 0.3) is 0 Å². The summed E-state index contributed by atoms with van der Waals surface area (Å²) in [6.45, 7) is 2.86. The molecule has 0 fully saturated rings. The molecule has 4 heteroatoms. The van der Waals surface area contributed by atoms with Crippen molar-refractivity contribution in [2.45, 2.75) is 13.3 Å². The lowest BCUT2D eigenvalue weighted by Crippen LogP contribution is -2.16. The Balaban J connectivity index is 2.72. The fourth-order valence-corrected chi connectivity index (χ4v) is 1.63.